The Morgan fingerprint density at radius 2 is 2.14 bits per heavy atom. The quantitative estimate of drug-likeness (QED) is 0.885. The zero-order valence-electron chi connectivity index (χ0n) is 12.1. The summed E-state index contributed by atoms with van der Waals surface area (Å²) in [5.74, 6) is -1.22. The molecule has 5 heteroatoms. The molecule has 0 spiro atoms. The predicted molar refractivity (Wildman–Crippen MR) is 83.9 cm³/mol. The molecule has 1 aliphatic rings. The van der Waals surface area contributed by atoms with Crippen molar-refractivity contribution in [2.45, 2.75) is 26.2 Å². The van der Waals surface area contributed by atoms with Gasteiger partial charge in [0.1, 0.15) is 0 Å². The molecule has 2 rings (SSSR count). The maximum atomic E-state index is 12.6. The fraction of sp³-hybridized carbons (Fsp3) is 0.500. The van der Waals surface area contributed by atoms with Gasteiger partial charge in [-0.3, -0.25) is 9.59 Å². The van der Waals surface area contributed by atoms with Gasteiger partial charge in [-0.05, 0) is 30.9 Å². The van der Waals surface area contributed by atoms with Crippen LogP contribution in [0.25, 0.3) is 0 Å². The minimum Gasteiger partial charge on any atom is -0.481 e. The number of amides is 1. The average molecular weight is 354 g/mol. The van der Waals surface area contributed by atoms with Gasteiger partial charge in [0, 0.05) is 23.5 Å². The van der Waals surface area contributed by atoms with Crippen LogP contribution in [0.1, 0.15) is 25.3 Å². The highest BCUT2D eigenvalue weighted by Crippen LogP contribution is 2.25. The molecule has 1 N–H and O–H groups in total. The average Bonchev–Trinajstić information content (AvgIpc) is 2.96. The summed E-state index contributed by atoms with van der Waals surface area (Å²) < 4.78 is 1.01. The van der Waals surface area contributed by atoms with Crippen molar-refractivity contribution in [1.82, 2.24) is 4.90 Å². The van der Waals surface area contributed by atoms with E-state index in [4.69, 9.17) is 5.11 Å². The van der Waals surface area contributed by atoms with Crippen LogP contribution in [0.4, 0.5) is 0 Å². The van der Waals surface area contributed by atoms with Crippen LogP contribution in [0.2, 0.25) is 0 Å². The Kier molecular flexibility index (Phi) is 5.39. The normalized spacial score (nSPS) is 19.5. The SMILES string of the molecule is CC[C@H](Cc1ccccc1Br)C(=O)N1CC[C@@H](C(=O)O)C1. The van der Waals surface area contributed by atoms with Gasteiger partial charge in [-0.25, -0.2) is 0 Å². The Bertz CT molecular complexity index is 532. The van der Waals surface area contributed by atoms with Crippen LogP contribution in [-0.4, -0.2) is 35.0 Å². The number of likely N-dealkylation sites (tertiary alicyclic amines) is 1. The Balaban J connectivity index is 2.03. The van der Waals surface area contributed by atoms with Crippen LogP contribution in [-0.2, 0) is 16.0 Å². The standard InChI is InChI=1S/C16H20BrNO3/c1-2-11(9-12-5-3-4-6-14(12)17)15(19)18-8-7-13(10-18)16(20)21/h3-6,11,13H,2,7-10H2,1H3,(H,20,21)/t11-,13-/m1/s1. The van der Waals surface area contributed by atoms with E-state index in [1.807, 2.05) is 31.2 Å². The third kappa shape index (κ3) is 3.84. The van der Waals surface area contributed by atoms with Crippen molar-refractivity contribution in [1.29, 1.82) is 0 Å². The minimum absolute atomic E-state index is 0.0806. The van der Waals surface area contributed by atoms with Crippen LogP contribution in [0.3, 0.4) is 0 Å². The molecular weight excluding hydrogens is 334 g/mol. The molecule has 1 heterocycles. The number of halogens is 1. The Morgan fingerprint density at radius 3 is 2.71 bits per heavy atom. The van der Waals surface area contributed by atoms with E-state index >= 15 is 0 Å². The van der Waals surface area contributed by atoms with Crippen molar-refractivity contribution >= 4 is 27.8 Å². The van der Waals surface area contributed by atoms with E-state index in [9.17, 15) is 9.59 Å². The van der Waals surface area contributed by atoms with Gasteiger partial charge in [0.05, 0.1) is 5.92 Å². The second kappa shape index (κ2) is 7.07. The lowest BCUT2D eigenvalue weighted by molar-refractivity contribution is -0.141. The summed E-state index contributed by atoms with van der Waals surface area (Å²) in [4.78, 5) is 25.3. The summed E-state index contributed by atoms with van der Waals surface area (Å²) in [5.41, 5.74) is 1.12. The fourth-order valence-electron chi connectivity index (χ4n) is 2.76. The van der Waals surface area contributed by atoms with Crippen molar-refractivity contribution in [3.05, 3.63) is 34.3 Å². The topological polar surface area (TPSA) is 57.6 Å². The van der Waals surface area contributed by atoms with E-state index in [0.29, 0.717) is 25.9 Å². The van der Waals surface area contributed by atoms with Gasteiger partial charge >= 0.3 is 5.97 Å². The zero-order valence-corrected chi connectivity index (χ0v) is 13.7. The molecule has 1 amide bonds. The molecule has 21 heavy (non-hydrogen) atoms. The first kappa shape index (κ1) is 16.0. The monoisotopic (exact) mass is 353 g/mol. The summed E-state index contributed by atoms with van der Waals surface area (Å²) in [5, 5.41) is 9.04. The van der Waals surface area contributed by atoms with Crippen molar-refractivity contribution in [3.8, 4) is 0 Å². The Hall–Kier alpha value is -1.36. The van der Waals surface area contributed by atoms with Gasteiger partial charge < -0.3 is 10.0 Å². The molecule has 1 aliphatic heterocycles. The molecule has 1 saturated heterocycles. The highest BCUT2D eigenvalue weighted by Gasteiger charge is 2.33. The summed E-state index contributed by atoms with van der Waals surface area (Å²) in [7, 11) is 0. The molecule has 0 radical (unpaired) electrons. The molecule has 0 unspecified atom stereocenters. The van der Waals surface area contributed by atoms with Gasteiger partial charge in [0.25, 0.3) is 0 Å². The number of hydrogen-bond acceptors (Lipinski definition) is 2. The van der Waals surface area contributed by atoms with Gasteiger partial charge in [-0.1, -0.05) is 41.1 Å². The lowest BCUT2D eigenvalue weighted by Crippen LogP contribution is -2.35. The lowest BCUT2D eigenvalue weighted by atomic mass is 9.95. The van der Waals surface area contributed by atoms with Crippen molar-refractivity contribution < 1.29 is 14.7 Å². The maximum absolute atomic E-state index is 12.6. The first-order valence-electron chi connectivity index (χ1n) is 7.28. The van der Waals surface area contributed by atoms with Crippen LogP contribution in [0.5, 0.6) is 0 Å². The molecular formula is C16H20BrNO3. The smallest absolute Gasteiger partial charge is 0.308 e. The molecule has 0 saturated carbocycles. The van der Waals surface area contributed by atoms with E-state index in [0.717, 1.165) is 16.5 Å². The number of carbonyl (C=O) groups excluding carboxylic acids is 1. The molecule has 1 fully saturated rings. The van der Waals surface area contributed by atoms with Gasteiger partial charge in [-0.2, -0.15) is 0 Å². The highest BCUT2D eigenvalue weighted by molar-refractivity contribution is 9.10. The predicted octanol–water partition coefficient (Wildman–Crippen LogP) is 2.95. The summed E-state index contributed by atoms with van der Waals surface area (Å²) in [6.07, 6.45) is 2.01. The Labute approximate surface area is 133 Å². The molecule has 1 aromatic carbocycles. The highest BCUT2D eigenvalue weighted by atomic mass is 79.9. The molecule has 0 aliphatic carbocycles. The number of rotatable bonds is 5. The summed E-state index contributed by atoms with van der Waals surface area (Å²) in [6.45, 7) is 2.91. The van der Waals surface area contributed by atoms with Crippen LogP contribution < -0.4 is 0 Å². The van der Waals surface area contributed by atoms with Crippen LogP contribution in [0, 0.1) is 11.8 Å². The van der Waals surface area contributed by atoms with E-state index in [1.165, 1.54) is 0 Å². The molecule has 4 nitrogen and oxygen atoms in total. The minimum atomic E-state index is -0.802. The molecule has 0 bridgehead atoms. The fourth-order valence-corrected chi connectivity index (χ4v) is 3.20. The van der Waals surface area contributed by atoms with Crippen molar-refractivity contribution in [2.24, 2.45) is 11.8 Å². The first-order valence-corrected chi connectivity index (χ1v) is 8.07. The number of benzene rings is 1. The molecule has 0 aromatic heterocycles. The number of carbonyl (C=O) groups is 2. The van der Waals surface area contributed by atoms with Gasteiger partial charge in [0.15, 0.2) is 0 Å². The lowest BCUT2D eigenvalue weighted by Gasteiger charge is -2.23. The zero-order chi connectivity index (χ0) is 15.4. The first-order chi connectivity index (χ1) is 10.0. The molecule has 2 atom stereocenters. The van der Waals surface area contributed by atoms with E-state index in [-0.39, 0.29) is 11.8 Å². The van der Waals surface area contributed by atoms with E-state index in [2.05, 4.69) is 15.9 Å². The van der Waals surface area contributed by atoms with Crippen LogP contribution >= 0.6 is 15.9 Å². The third-order valence-corrected chi connectivity index (χ3v) is 4.89. The second-order valence-electron chi connectivity index (χ2n) is 5.51. The van der Waals surface area contributed by atoms with Crippen molar-refractivity contribution in [2.75, 3.05) is 13.1 Å². The van der Waals surface area contributed by atoms with Gasteiger partial charge in [0.2, 0.25) is 5.91 Å². The number of carboxylic acids is 1. The van der Waals surface area contributed by atoms with E-state index in [1.54, 1.807) is 4.90 Å². The largest absolute Gasteiger partial charge is 0.481 e. The number of hydrogen-bond donors (Lipinski definition) is 1. The number of nitrogens with zero attached hydrogens (tertiary/aromatic N) is 1. The maximum Gasteiger partial charge on any atom is 0.308 e. The summed E-state index contributed by atoms with van der Waals surface area (Å²) in [6, 6.07) is 7.91. The Morgan fingerprint density at radius 1 is 1.43 bits per heavy atom. The number of carboxylic acid groups (broad SMARTS) is 1. The van der Waals surface area contributed by atoms with E-state index < -0.39 is 11.9 Å². The second-order valence-corrected chi connectivity index (χ2v) is 6.36. The molecule has 1 aromatic rings. The van der Waals surface area contributed by atoms with Crippen LogP contribution in [0.15, 0.2) is 28.7 Å². The molecule has 114 valence electrons. The third-order valence-electron chi connectivity index (χ3n) is 4.12. The van der Waals surface area contributed by atoms with Gasteiger partial charge in [-0.15, -0.1) is 0 Å². The summed E-state index contributed by atoms with van der Waals surface area (Å²) >= 11 is 3.51. The number of aliphatic carboxylic acids is 1. The van der Waals surface area contributed by atoms with Crippen molar-refractivity contribution in [3.63, 3.8) is 0 Å².